The Bertz CT molecular complexity index is 370. The number of aliphatic carboxylic acids is 1. The average Bonchev–Trinajstić information content (AvgIpc) is 2.64. The molecular weight excluding hydrogens is 220 g/mol. The third kappa shape index (κ3) is 3.03. The first kappa shape index (κ1) is 11.7. The van der Waals surface area contributed by atoms with Crippen LogP contribution in [0.2, 0.25) is 0 Å². The molecule has 82 valence electrons. The monoisotopic (exact) mass is 230 g/mol. The molecule has 0 saturated carbocycles. The second-order valence-corrected chi connectivity index (χ2v) is 3.92. The molecule has 0 aliphatic rings. The van der Waals surface area contributed by atoms with E-state index in [1.165, 1.54) is 19.2 Å². The molecule has 0 aromatic carbocycles. The lowest BCUT2D eigenvalue weighted by Gasteiger charge is -2.03. The van der Waals surface area contributed by atoms with E-state index < -0.39 is 18.0 Å². The Morgan fingerprint density at radius 3 is 2.73 bits per heavy atom. The first-order valence-electron chi connectivity index (χ1n) is 4.12. The van der Waals surface area contributed by atoms with Gasteiger partial charge in [-0.1, -0.05) is 0 Å². The van der Waals surface area contributed by atoms with Crippen LogP contribution >= 0.6 is 11.3 Å². The van der Waals surface area contributed by atoms with Crippen molar-refractivity contribution in [1.29, 1.82) is 0 Å². The SMILES string of the molecule is COC(=O)c1ccc([C@@H](O)CC(=O)O)s1. The van der Waals surface area contributed by atoms with E-state index >= 15 is 0 Å². The summed E-state index contributed by atoms with van der Waals surface area (Å²) in [6.45, 7) is 0. The summed E-state index contributed by atoms with van der Waals surface area (Å²) in [5.74, 6) is -1.58. The summed E-state index contributed by atoms with van der Waals surface area (Å²) in [7, 11) is 1.26. The minimum Gasteiger partial charge on any atom is -0.481 e. The Kier molecular flexibility index (Phi) is 3.81. The Morgan fingerprint density at radius 1 is 1.53 bits per heavy atom. The normalized spacial score (nSPS) is 12.1. The minimum atomic E-state index is -1.09. The van der Waals surface area contributed by atoms with Gasteiger partial charge >= 0.3 is 11.9 Å². The zero-order valence-corrected chi connectivity index (χ0v) is 8.78. The zero-order chi connectivity index (χ0) is 11.4. The van der Waals surface area contributed by atoms with Gasteiger partial charge in [-0.15, -0.1) is 11.3 Å². The van der Waals surface area contributed by atoms with Gasteiger partial charge in [0, 0.05) is 4.88 Å². The number of rotatable bonds is 4. The molecule has 1 heterocycles. The largest absolute Gasteiger partial charge is 0.481 e. The summed E-state index contributed by atoms with van der Waals surface area (Å²) in [4.78, 5) is 22.2. The average molecular weight is 230 g/mol. The van der Waals surface area contributed by atoms with Crippen LogP contribution in [0.15, 0.2) is 12.1 Å². The lowest BCUT2D eigenvalue weighted by molar-refractivity contribution is -0.139. The Hall–Kier alpha value is -1.40. The number of aliphatic hydroxyl groups is 1. The predicted octanol–water partition coefficient (Wildman–Crippen LogP) is 1.04. The van der Waals surface area contributed by atoms with E-state index in [1.807, 2.05) is 0 Å². The van der Waals surface area contributed by atoms with Gasteiger partial charge in [0.1, 0.15) is 4.88 Å². The molecule has 0 unspecified atom stereocenters. The maximum atomic E-state index is 11.1. The molecule has 15 heavy (non-hydrogen) atoms. The van der Waals surface area contributed by atoms with Crippen molar-refractivity contribution < 1.29 is 24.5 Å². The van der Waals surface area contributed by atoms with Crippen LogP contribution in [0, 0.1) is 0 Å². The highest BCUT2D eigenvalue weighted by atomic mass is 32.1. The fourth-order valence-corrected chi connectivity index (χ4v) is 1.92. The molecule has 1 atom stereocenters. The number of hydrogen-bond donors (Lipinski definition) is 2. The number of hydrogen-bond acceptors (Lipinski definition) is 5. The minimum absolute atomic E-state index is 0.344. The number of ether oxygens (including phenoxy) is 1. The van der Waals surface area contributed by atoms with Crippen molar-refractivity contribution in [3.05, 3.63) is 21.9 Å². The van der Waals surface area contributed by atoms with Crippen LogP contribution in [0.5, 0.6) is 0 Å². The zero-order valence-electron chi connectivity index (χ0n) is 7.97. The van der Waals surface area contributed by atoms with E-state index in [4.69, 9.17) is 5.11 Å². The number of esters is 1. The highest BCUT2D eigenvalue weighted by Crippen LogP contribution is 2.25. The number of aliphatic hydroxyl groups excluding tert-OH is 1. The number of carboxylic acids is 1. The van der Waals surface area contributed by atoms with Gasteiger partial charge in [0.05, 0.1) is 19.6 Å². The maximum Gasteiger partial charge on any atom is 0.348 e. The second kappa shape index (κ2) is 4.90. The third-order valence-electron chi connectivity index (χ3n) is 1.71. The Morgan fingerprint density at radius 2 is 2.20 bits per heavy atom. The quantitative estimate of drug-likeness (QED) is 0.755. The van der Waals surface area contributed by atoms with Crippen molar-refractivity contribution in [2.75, 3.05) is 7.11 Å². The van der Waals surface area contributed by atoms with E-state index in [0.29, 0.717) is 9.75 Å². The number of methoxy groups -OCH3 is 1. The van der Waals surface area contributed by atoms with Gasteiger partial charge in [-0.3, -0.25) is 4.79 Å². The third-order valence-corrected chi connectivity index (χ3v) is 2.88. The predicted molar refractivity (Wildman–Crippen MR) is 52.9 cm³/mol. The van der Waals surface area contributed by atoms with Gasteiger partial charge in [-0.05, 0) is 12.1 Å². The molecule has 5 nitrogen and oxygen atoms in total. The lowest BCUT2D eigenvalue weighted by Crippen LogP contribution is -2.03. The van der Waals surface area contributed by atoms with Crippen molar-refractivity contribution in [3.8, 4) is 0 Å². The molecule has 0 spiro atoms. The van der Waals surface area contributed by atoms with Crippen LogP contribution in [-0.2, 0) is 9.53 Å². The van der Waals surface area contributed by atoms with Crippen molar-refractivity contribution in [1.82, 2.24) is 0 Å². The van der Waals surface area contributed by atoms with Gasteiger partial charge in [0.2, 0.25) is 0 Å². The number of carbonyl (C=O) groups excluding carboxylic acids is 1. The van der Waals surface area contributed by atoms with Crippen LogP contribution in [0.4, 0.5) is 0 Å². The fraction of sp³-hybridized carbons (Fsp3) is 0.333. The van der Waals surface area contributed by atoms with Crippen molar-refractivity contribution in [3.63, 3.8) is 0 Å². The smallest absolute Gasteiger partial charge is 0.348 e. The van der Waals surface area contributed by atoms with Crippen LogP contribution < -0.4 is 0 Å². The van der Waals surface area contributed by atoms with E-state index in [1.54, 1.807) is 0 Å². The number of carboxylic acid groups (broad SMARTS) is 1. The molecule has 0 bridgehead atoms. The van der Waals surface area contributed by atoms with Gasteiger partial charge in [0.25, 0.3) is 0 Å². The number of carbonyl (C=O) groups is 2. The molecule has 6 heteroatoms. The van der Waals surface area contributed by atoms with Crippen LogP contribution in [0.25, 0.3) is 0 Å². The van der Waals surface area contributed by atoms with Gasteiger partial charge in [0.15, 0.2) is 0 Å². The molecular formula is C9H10O5S. The summed E-state index contributed by atoms with van der Waals surface area (Å²) < 4.78 is 4.48. The summed E-state index contributed by atoms with van der Waals surface area (Å²) in [5.41, 5.74) is 0. The van der Waals surface area contributed by atoms with Crippen molar-refractivity contribution in [2.24, 2.45) is 0 Å². The molecule has 0 saturated heterocycles. The van der Waals surface area contributed by atoms with Gasteiger partial charge in [-0.25, -0.2) is 4.79 Å². The van der Waals surface area contributed by atoms with E-state index in [-0.39, 0.29) is 6.42 Å². The summed E-state index contributed by atoms with van der Waals surface area (Å²) in [5, 5.41) is 17.9. The van der Waals surface area contributed by atoms with Crippen LogP contribution in [-0.4, -0.2) is 29.3 Å². The lowest BCUT2D eigenvalue weighted by atomic mass is 10.2. The Balaban J connectivity index is 2.75. The molecule has 1 aromatic heterocycles. The molecule has 0 aliphatic heterocycles. The molecule has 0 radical (unpaired) electrons. The van der Waals surface area contributed by atoms with Crippen LogP contribution in [0.1, 0.15) is 27.1 Å². The van der Waals surface area contributed by atoms with E-state index in [9.17, 15) is 14.7 Å². The first-order chi connectivity index (χ1) is 7.04. The Labute approximate surface area is 89.9 Å². The standard InChI is InChI=1S/C9H10O5S/c1-14-9(13)7-3-2-6(15-7)5(10)4-8(11)12/h2-3,5,10H,4H2,1H3,(H,11,12)/t5-/m0/s1. The molecule has 0 aliphatic carbocycles. The molecule has 2 N–H and O–H groups in total. The molecule has 0 fully saturated rings. The number of thiophene rings is 1. The second-order valence-electron chi connectivity index (χ2n) is 2.81. The highest BCUT2D eigenvalue weighted by Gasteiger charge is 2.16. The summed E-state index contributed by atoms with van der Waals surface area (Å²) in [6, 6.07) is 3.02. The highest BCUT2D eigenvalue weighted by molar-refractivity contribution is 7.14. The molecule has 0 amide bonds. The molecule has 1 rings (SSSR count). The molecule has 1 aromatic rings. The first-order valence-corrected chi connectivity index (χ1v) is 4.94. The van der Waals surface area contributed by atoms with E-state index in [2.05, 4.69) is 4.74 Å². The van der Waals surface area contributed by atoms with Crippen molar-refractivity contribution in [2.45, 2.75) is 12.5 Å². The summed E-state index contributed by atoms with van der Waals surface area (Å²) in [6.07, 6.45) is -1.45. The van der Waals surface area contributed by atoms with E-state index in [0.717, 1.165) is 11.3 Å². The van der Waals surface area contributed by atoms with Crippen LogP contribution in [0.3, 0.4) is 0 Å². The maximum absolute atomic E-state index is 11.1. The fourth-order valence-electron chi connectivity index (χ4n) is 1.01. The summed E-state index contributed by atoms with van der Waals surface area (Å²) >= 11 is 1.03. The van der Waals surface area contributed by atoms with Gasteiger partial charge < -0.3 is 14.9 Å². The van der Waals surface area contributed by atoms with Crippen molar-refractivity contribution >= 4 is 23.3 Å². The van der Waals surface area contributed by atoms with Gasteiger partial charge in [-0.2, -0.15) is 0 Å². The topological polar surface area (TPSA) is 83.8 Å².